The summed E-state index contributed by atoms with van der Waals surface area (Å²) in [5.41, 5.74) is 2.05. The van der Waals surface area contributed by atoms with Crippen LogP contribution in [-0.4, -0.2) is 53.5 Å². The van der Waals surface area contributed by atoms with Gasteiger partial charge in [-0.25, -0.2) is 0 Å². The number of carbonyl (C=O) groups excluding carboxylic acids is 1. The molecule has 3 atom stereocenters. The summed E-state index contributed by atoms with van der Waals surface area (Å²) < 4.78 is 0. The van der Waals surface area contributed by atoms with Crippen molar-refractivity contribution in [2.24, 2.45) is 11.8 Å². The molecular formula is C27H34N2O2. The molecule has 2 aromatic carbocycles. The highest BCUT2D eigenvalue weighted by Gasteiger charge is 2.49. The zero-order chi connectivity index (χ0) is 21.4. The molecule has 31 heavy (non-hydrogen) atoms. The van der Waals surface area contributed by atoms with Gasteiger partial charge in [-0.05, 0) is 86.7 Å². The van der Waals surface area contributed by atoms with Crippen LogP contribution in [0.25, 0.3) is 0 Å². The van der Waals surface area contributed by atoms with E-state index in [0.29, 0.717) is 11.7 Å². The van der Waals surface area contributed by atoms with Gasteiger partial charge in [-0.1, -0.05) is 30.3 Å². The maximum absolute atomic E-state index is 13.2. The van der Waals surface area contributed by atoms with Crippen LogP contribution in [-0.2, 0) is 5.41 Å². The van der Waals surface area contributed by atoms with E-state index < -0.39 is 0 Å². The van der Waals surface area contributed by atoms with Gasteiger partial charge in [0.25, 0.3) is 5.91 Å². The molecule has 5 rings (SSSR count). The van der Waals surface area contributed by atoms with Gasteiger partial charge in [0.2, 0.25) is 0 Å². The van der Waals surface area contributed by atoms with E-state index >= 15 is 0 Å². The van der Waals surface area contributed by atoms with Gasteiger partial charge in [-0.2, -0.15) is 0 Å². The Balaban J connectivity index is 1.41. The summed E-state index contributed by atoms with van der Waals surface area (Å²) in [6, 6.07) is 17.8. The van der Waals surface area contributed by atoms with Crippen molar-refractivity contribution in [2.45, 2.75) is 50.0 Å². The molecule has 1 amide bonds. The Bertz CT molecular complexity index is 926. The van der Waals surface area contributed by atoms with E-state index in [9.17, 15) is 9.90 Å². The lowest BCUT2D eigenvalue weighted by molar-refractivity contribution is 0.0175. The summed E-state index contributed by atoms with van der Waals surface area (Å²) in [7, 11) is 1.97. The van der Waals surface area contributed by atoms with E-state index in [1.165, 1.54) is 24.9 Å². The van der Waals surface area contributed by atoms with Gasteiger partial charge >= 0.3 is 0 Å². The Hall–Kier alpha value is -2.33. The number of likely N-dealkylation sites (tertiary alicyclic amines) is 1. The highest BCUT2D eigenvalue weighted by Crippen LogP contribution is 2.51. The average molecular weight is 419 g/mol. The summed E-state index contributed by atoms with van der Waals surface area (Å²) in [5, 5.41) is 10.2. The lowest BCUT2D eigenvalue weighted by atomic mass is 9.57. The van der Waals surface area contributed by atoms with Gasteiger partial charge in [-0.3, -0.25) is 4.79 Å². The lowest BCUT2D eigenvalue weighted by Crippen LogP contribution is -2.56. The van der Waals surface area contributed by atoms with Crippen LogP contribution in [0, 0.1) is 11.8 Å². The smallest absolute Gasteiger partial charge is 0.253 e. The predicted octanol–water partition coefficient (Wildman–Crippen LogP) is 4.69. The molecule has 3 aliphatic rings. The highest BCUT2D eigenvalue weighted by molar-refractivity contribution is 5.94. The Morgan fingerprint density at radius 3 is 2.65 bits per heavy atom. The first-order chi connectivity index (χ1) is 15.0. The molecular weight excluding hydrogens is 384 g/mol. The van der Waals surface area contributed by atoms with Crippen LogP contribution in [0.4, 0.5) is 0 Å². The van der Waals surface area contributed by atoms with E-state index in [0.717, 1.165) is 50.3 Å². The molecule has 1 aliphatic heterocycles. The molecule has 0 radical (unpaired) electrons. The third-order valence-electron chi connectivity index (χ3n) is 8.11. The van der Waals surface area contributed by atoms with Crippen molar-refractivity contribution in [3.63, 3.8) is 0 Å². The van der Waals surface area contributed by atoms with Gasteiger partial charge < -0.3 is 14.9 Å². The number of hydrogen-bond donors (Lipinski definition) is 1. The number of phenols is 1. The molecule has 164 valence electrons. The van der Waals surface area contributed by atoms with Gasteiger partial charge in [-0.15, -0.1) is 0 Å². The van der Waals surface area contributed by atoms with Crippen LogP contribution >= 0.6 is 0 Å². The minimum Gasteiger partial charge on any atom is -0.508 e. The zero-order valence-corrected chi connectivity index (χ0v) is 18.5. The van der Waals surface area contributed by atoms with Crippen molar-refractivity contribution in [3.8, 4) is 5.75 Å². The number of benzene rings is 2. The van der Waals surface area contributed by atoms with E-state index in [4.69, 9.17) is 0 Å². The van der Waals surface area contributed by atoms with Crippen LogP contribution in [0.3, 0.4) is 0 Å². The number of fused-ring (bicyclic) bond motifs is 1. The van der Waals surface area contributed by atoms with Crippen molar-refractivity contribution in [2.75, 3.05) is 26.7 Å². The molecule has 4 nitrogen and oxygen atoms in total. The first-order valence-electron chi connectivity index (χ1n) is 11.9. The third-order valence-corrected chi connectivity index (χ3v) is 8.11. The van der Waals surface area contributed by atoms with E-state index in [2.05, 4.69) is 11.0 Å². The first kappa shape index (κ1) is 20.6. The third kappa shape index (κ3) is 4.10. The molecule has 2 unspecified atom stereocenters. The first-order valence-corrected chi connectivity index (χ1v) is 11.9. The second kappa shape index (κ2) is 8.31. The number of amides is 1. The molecule has 0 spiro atoms. The molecule has 1 heterocycles. The normalized spacial score (nSPS) is 28.7. The number of carbonyl (C=O) groups is 1. The zero-order valence-electron chi connectivity index (χ0n) is 18.5. The van der Waals surface area contributed by atoms with Crippen molar-refractivity contribution in [3.05, 3.63) is 65.7 Å². The highest BCUT2D eigenvalue weighted by atomic mass is 16.3. The van der Waals surface area contributed by atoms with Crippen molar-refractivity contribution < 1.29 is 9.90 Å². The molecule has 1 N–H and O–H groups in total. The van der Waals surface area contributed by atoms with Crippen molar-refractivity contribution in [1.82, 2.24) is 9.80 Å². The Morgan fingerprint density at radius 1 is 1.10 bits per heavy atom. The second-order valence-corrected chi connectivity index (χ2v) is 10.1. The standard InChI is InChI=1S/C27H34N2O2/c1-28(26(31)21-6-3-2-4-7-21)24-13-12-23-19-29(18-20-10-11-20)15-14-27(23,17-24)22-8-5-9-25(30)16-22/h2-9,16,20,23-24,30H,10-15,17-19H2,1H3/t23?,24-,27?/m1/s1. The van der Waals surface area contributed by atoms with Crippen LogP contribution in [0.15, 0.2) is 54.6 Å². The van der Waals surface area contributed by atoms with Crippen LogP contribution in [0.5, 0.6) is 5.75 Å². The topological polar surface area (TPSA) is 43.8 Å². The quantitative estimate of drug-likeness (QED) is 0.766. The molecule has 0 aromatic heterocycles. The summed E-state index contributed by atoms with van der Waals surface area (Å²) >= 11 is 0. The summed E-state index contributed by atoms with van der Waals surface area (Å²) in [4.78, 5) is 17.8. The number of aromatic hydroxyl groups is 1. The van der Waals surface area contributed by atoms with Crippen LogP contribution < -0.4 is 0 Å². The van der Waals surface area contributed by atoms with Gasteiger partial charge in [0, 0.05) is 37.2 Å². The van der Waals surface area contributed by atoms with E-state index in [1.807, 2.05) is 54.4 Å². The van der Waals surface area contributed by atoms with Gasteiger partial charge in [0.05, 0.1) is 0 Å². The largest absolute Gasteiger partial charge is 0.508 e. The monoisotopic (exact) mass is 418 g/mol. The SMILES string of the molecule is CN(C(=O)c1ccccc1)[C@@H]1CCC2CN(CC3CC3)CCC2(c2cccc(O)c2)C1. The molecule has 2 aliphatic carbocycles. The van der Waals surface area contributed by atoms with Crippen LogP contribution in [0.2, 0.25) is 0 Å². The number of rotatable bonds is 5. The molecule has 2 saturated carbocycles. The van der Waals surface area contributed by atoms with Gasteiger partial charge in [0.15, 0.2) is 0 Å². The fourth-order valence-electron chi connectivity index (χ4n) is 6.12. The number of piperidine rings is 1. The van der Waals surface area contributed by atoms with Gasteiger partial charge in [0.1, 0.15) is 5.75 Å². The maximum atomic E-state index is 13.2. The lowest BCUT2D eigenvalue weighted by Gasteiger charge is -2.54. The minimum atomic E-state index is 0.0347. The average Bonchev–Trinajstić information content (AvgIpc) is 3.62. The molecule has 1 saturated heterocycles. The Morgan fingerprint density at radius 2 is 1.90 bits per heavy atom. The fourth-order valence-corrected chi connectivity index (χ4v) is 6.12. The van der Waals surface area contributed by atoms with Crippen LogP contribution in [0.1, 0.15) is 54.4 Å². The maximum Gasteiger partial charge on any atom is 0.253 e. The summed E-state index contributed by atoms with van der Waals surface area (Å²) in [5.74, 6) is 1.96. The number of nitrogens with zero attached hydrogens (tertiary/aromatic N) is 2. The van der Waals surface area contributed by atoms with E-state index in [-0.39, 0.29) is 17.4 Å². The second-order valence-electron chi connectivity index (χ2n) is 10.1. The molecule has 0 bridgehead atoms. The Kier molecular flexibility index (Phi) is 5.51. The Labute approximate surface area is 185 Å². The number of hydrogen-bond acceptors (Lipinski definition) is 3. The van der Waals surface area contributed by atoms with Crippen molar-refractivity contribution >= 4 is 5.91 Å². The van der Waals surface area contributed by atoms with Crippen molar-refractivity contribution in [1.29, 1.82) is 0 Å². The summed E-state index contributed by atoms with van der Waals surface area (Å²) in [6.07, 6.45) is 7.07. The summed E-state index contributed by atoms with van der Waals surface area (Å²) in [6.45, 7) is 3.52. The molecule has 4 heteroatoms. The molecule has 2 aromatic rings. The number of phenolic OH excluding ortho intramolecular Hbond substituents is 1. The molecule has 3 fully saturated rings. The van der Waals surface area contributed by atoms with E-state index in [1.54, 1.807) is 6.07 Å². The minimum absolute atomic E-state index is 0.0347. The fraction of sp³-hybridized carbons (Fsp3) is 0.519. The predicted molar refractivity (Wildman–Crippen MR) is 123 cm³/mol.